The number of esters is 1. The molecular weight excluding hydrogens is 414 g/mol. The monoisotopic (exact) mass is 435 g/mol. The first-order chi connectivity index (χ1) is 14.9. The number of carbonyl (C=O) groups is 2. The van der Waals surface area contributed by atoms with Gasteiger partial charge in [-0.1, -0.05) is 18.2 Å². The summed E-state index contributed by atoms with van der Waals surface area (Å²) < 4.78 is 8.57. The smallest absolute Gasteiger partial charge is 0.326 e. The quantitative estimate of drug-likeness (QED) is 0.328. The van der Waals surface area contributed by atoms with Crippen molar-refractivity contribution in [3.8, 4) is 0 Å². The van der Waals surface area contributed by atoms with E-state index in [0.717, 1.165) is 11.4 Å². The van der Waals surface area contributed by atoms with Gasteiger partial charge in [0, 0.05) is 21.8 Å². The van der Waals surface area contributed by atoms with Gasteiger partial charge in [0.1, 0.15) is 6.54 Å². The number of rotatable bonds is 7. The third-order valence-corrected chi connectivity index (χ3v) is 6.03. The van der Waals surface area contributed by atoms with Crippen molar-refractivity contribution in [3.63, 3.8) is 0 Å². The van der Waals surface area contributed by atoms with Crippen LogP contribution in [0.3, 0.4) is 0 Å². The molecule has 0 aliphatic carbocycles. The Kier molecular flexibility index (Phi) is 5.81. The Morgan fingerprint density at radius 1 is 1.10 bits per heavy atom. The fraction of sp³-hybridized carbons (Fsp3) is 0.217. The summed E-state index contributed by atoms with van der Waals surface area (Å²) >= 11 is 1.66. The third-order valence-electron chi connectivity index (χ3n) is 5.17. The summed E-state index contributed by atoms with van der Waals surface area (Å²) in [6.45, 7) is 3.87. The maximum Gasteiger partial charge on any atom is 0.326 e. The SMILES string of the molecule is Cc1cc(C(=O)COC(=O)Cn2c(=O)cnc3ccccc32)c(C)n1Cc1cccs1. The van der Waals surface area contributed by atoms with E-state index in [2.05, 4.69) is 15.6 Å². The van der Waals surface area contributed by atoms with Crippen LogP contribution in [0.15, 0.2) is 58.8 Å². The molecule has 3 aromatic heterocycles. The molecule has 3 heterocycles. The number of Topliss-reactive ketones (excluding diaryl/α,β-unsaturated/α-hetero) is 1. The molecule has 0 radical (unpaired) electrons. The first kappa shape index (κ1) is 20.7. The minimum absolute atomic E-state index is 0.272. The molecular formula is C23H21N3O4S. The highest BCUT2D eigenvalue weighted by Gasteiger charge is 2.18. The lowest BCUT2D eigenvalue weighted by Crippen LogP contribution is -2.27. The highest BCUT2D eigenvalue weighted by molar-refractivity contribution is 7.09. The first-order valence-corrected chi connectivity index (χ1v) is 10.6. The lowest BCUT2D eigenvalue weighted by Gasteiger charge is -2.10. The Bertz CT molecular complexity index is 1320. The Labute approximate surface area is 182 Å². The number of hydrogen-bond acceptors (Lipinski definition) is 6. The first-order valence-electron chi connectivity index (χ1n) is 9.76. The number of para-hydroxylation sites is 2. The fourth-order valence-corrected chi connectivity index (χ4v) is 4.25. The average Bonchev–Trinajstić information content (AvgIpc) is 3.38. The zero-order chi connectivity index (χ0) is 22.0. The molecule has 0 saturated heterocycles. The molecule has 0 aliphatic heterocycles. The Morgan fingerprint density at radius 3 is 2.68 bits per heavy atom. The number of fused-ring (bicyclic) bond motifs is 1. The molecule has 158 valence electrons. The maximum atomic E-state index is 12.7. The zero-order valence-corrected chi connectivity index (χ0v) is 18.0. The van der Waals surface area contributed by atoms with Gasteiger partial charge in [0.2, 0.25) is 5.78 Å². The van der Waals surface area contributed by atoms with Gasteiger partial charge >= 0.3 is 5.97 Å². The minimum Gasteiger partial charge on any atom is -0.456 e. The van der Waals surface area contributed by atoms with Gasteiger partial charge in [0.05, 0.1) is 23.8 Å². The number of aryl methyl sites for hydroxylation is 1. The van der Waals surface area contributed by atoms with E-state index in [1.165, 1.54) is 15.6 Å². The number of benzene rings is 1. The molecule has 0 spiro atoms. The summed E-state index contributed by atoms with van der Waals surface area (Å²) in [5.74, 6) is -0.926. The van der Waals surface area contributed by atoms with Gasteiger partial charge in [0.15, 0.2) is 6.61 Å². The zero-order valence-electron chi connectivity index (χ0n) is 17.2. The summed E-state index contributed by atoms with van der Waals surface area (Å²) in [5.41, 5.74) is 3.07. The molecule has 0 N–H and O–H groups in total. The van der Waals surface area contributed by atoms with Crippen molar-refractivity contribution in [3.05, 3.63) is 86.2 Å². The lowest BCUT2D eigenvalue weighted by molar-refractivity contribution is -0.143. The van der Waals surface area contributed by atoms with Crippen molar-refractivity contribution < 1.29 is 14.3 Å². The molecule has 8 heteroatoms. The molecule has 31 heavy (non-hydrogen) atoms. The van der Waals surface area contributed by atoms with Gasteiger partial charge in [-0.15, -0.1) is 11.3 Å². The second kappa shape index (κ2) is 8.69. The predicted octanol–water partition coefficient (Wildman–Crippen LogP) is 3.35. The van der Waals surface area contributed by atoms with Crippen LogP contribution in [0.2, 0.25) is 0 Å². The van der Waals surface area contributed by atoms with E-state index >= 15 is 0 Å². The summed E-state index contributed by atoms with van der Waals surface area (Å²) in [6.07, 6.45) is 1.17. The van der Waals surface area contributed by atoms with Crippen molar-refractivity contribution in [2.24, 2.45) is 0 Å². The van der Waals surface area contributed by atoms with Crippen LogP contribution in [0.1, 0.15) is 26.6 Å². The van der Waals surface area contributed by atoms with Crippen molar-refractivity contribution in [2.75, 3.05) is 6.61 Å². The fourth-order valence-electron chi connectivity index (χ4n) is 3.56. The van der Waals surface area contributed by atoms with Crippen molar-refractivity contribution in [1.29, 1.82) is 0 Å². The summed E-state index contributed by atoms with van der Waals surface area (Å²) in [4.78, 5) is 42.5. The number of ketones is 1. The molecule has 0 atom stereocenters. The van der Waals surface area contributed by atoms with Crippen LogP contribution in [-0.2, 0) is 22.6 Å². The molecule has 0 unspecified atom stereocenters. The summed E-state index contributed by atoms with van der Waals surface area (Å²) in [7, 11) is 0. The number of hydrogen-bond donors (Lipinski definition) is 0. The van der Waals surface area contributed by atoms with E-state index in [4.69, 9.17) is 4.74 Å². The van der Waals surface area contributed by atoms with Crippen LogP contribution in [0.4, 0.5) is 0 Å². The van der Waals surface area contributed by atoms with Crippen LogP contribution >= 0.6 is 11.3 Å². The molecule has 0 bridgehead atoms. The Balaban J connectivity index is 1.44. The van der Waals surface area contributed by atoms with E-state index in [-0.39, 0.29) is 18.9 Å². The summed E-state index contributed by atoms with van der Waals surface area (Å²) in [6, 6.07) is 12.9. The van der Waals surface area contributed by atoms with Gasteiger partial charge in [0.25, 0.3) is 5.56 Å². The van der Waals surface area contributed by atoms with Gasteiger partial charge < -0.3 is 9.30 Å². The van der Waals surface area contributed by atoms with E-state index in [1.807, 2.05) is 31.4 Å². The van der Waals surface area contributed by atoms with Crippen molar-refractivity contribution in [1.82, 2.24) is 14.1 Å². The van der Waals surface area contributed by atoms with Crippen LogP contribution in [-0.4, -0.2) is 32.5 Å². The van der Waals surface area contributed by atoms with Crippen LogP contribution in [0, 0.1) is 13.8 Å². The molecule has 1 aromatic carbocycles. The molecule has 0 aliphatic rings. The summed E-state index contributed by atoms with van der Waals surface area (Å²) in [5, 5.41) is 2.02. The highest BCUT2D eigenvalue weighted by Crippen LogP contribution is 2.20. The standard InChI is InChI=1S/C23H21N3O4S/c1-15-10-18(16(2)25(15)12-17-6-5-9-31-17)21(27)14-30-23(29)13-26-20-8-4-3-7-19(20)24-11-22(26)28/h3-11H,12-14H2,1-2H3. The Morgan fingerprint density at radius 2 is 1.90 bits per heavy atom. The number of carbonyl (C=O) groups excluding carboxylic acids is 2. The number of ether oxygens (including phenoxy) is 1. The second-order valence-corrected chi connectivity index (χ2v) is 8.24. The molecule has 4 aromatic rings. The predicted molar refractivity (Wildman–Crippen MR) is 119 cm³/mol. The topological polar surface area (TPSA) is 83.2 Å². The number of nitrogens with zero attached hydrogens (tertiary/aromatic N) is 3. The van der Waals surface area contributed by atoms with Gasteiger partial charge in [-0.3, -0.25) is 19.0 Å². The van der Waals surface area contributed by atoms with Gasteiger partial charge in [-0.25, -0.2) is 4.98 Å². The highest BCUT2D eigenvalue weighted by atomic mass is 32.1. The van der Waals surface area contributed by atoms with E-state index in [0.29, 0.717) is 23.1 Å². The lowest BCUT2D eigenvalue weighted by atomic mass is 10.1. The maximum absolute atomic E-state index is 12.7. The molecule has 0 amide bonds. The van der Waals surface area contributed by atoms with Crippen molar-refractivity contribution in [2.45, 2.75) is 26.9 Å². The van der Waals surface area contributed by atoms with E-state index in [1.54, 1.807) is 35.6 Å². The normalized spacial score (nSPS) is 11.0. The van der Waals surface area contributed by atoms with Crippen molar-refractivity contribution >= 4 is 34.1 Å². The van der Waals surface area contributed by atoms with Gasteiger partial charge in [-0.05, 0) is 43.5 Å². The molecule has 4 rings (SSSR count). The van der Waals surface area contributed by atoms with Crippen LogP contribution in [0.5, 0.6) is 0 Å². The van der Waals surface area contributed by atoms with Gasteiger partial charge in [-0.2, -0.15) is 0 Å². The second-order valence-electron chi connectivity index (χ2n) is 7.21. The molecule has 0 fully saturated rings. The average molecular weight is 436 g/mol. The third kappa shape index (κ3) is 4.34. The number of aromatic nitrogens is 3. The van der Waals surface area contributed by atoms with E-state index in [9.17, 15) is 14.4 Å². The molecule has 0 saturated carbocycles. The van der Waals surface area contributed by atoms with Crippen LogP contribution in [0.25, 0.3) is 11.0 Å². The largest absolute Gasteiger partial charge is 0.456 e. The molecule has 7 nitrogen and oxygen atoms in total. The van der Waals surface area contributed by atoms with E-state index < -0.39 is 11.5 Å². The number of thiophene rings is 1. The minimum atomic E-state index is -0.654. The Hall–Kier alpha value is -3.52. The van der Waals surface area contributed by atoms with Crippen LogP contribution < -0.4 is 5.56 Å².